The number of hydrogen-bond donors (Lipinski definition) is 1. The van der Waals surface area contributed by atoms with E-state index in [1.54, 1.807) is 24.3 Å². The van der Waals surface area contributed by atoms with Gasteiger partial charge in [0.1, 0.15) is 22.5 Å². The lowest BCUT2D eigenvalue weighted by Crippen LogP contribution is -2.29. The first-order chi connectivity index (χ1) is 10.9. The lowest BCUT2D eigenvalue weighted by atomic mass is 10.1. The van der Waals surface area contributed by atoms with Crippen LogP contribution in [0, 0.1) is 13.8 Å². The topological polar surface area (TPSA) is 77.8 Å². The molecule has 0 saturated carbocycles. The van der Waals surface area contributed by atoms with Gasteiger partial charge in [-0.2, -0.15) is 0 Å². The monoisotopic (exact) mass is 339 g/mol. The Morgan fingerprint density at radius 3 is 2.48 bits per heavy atom. The molecule has 7 heteroatoms. The van der Waals surface area contributed by atoms with Crippen molar-refractivity contribution in [2.24, 2.45) is 0 Å². The Morgan fingerprint density at radius 2 is 1.91 bits per heavy atom. The molecule has 0 bridgehead atoms. The Labute approximate surface area is 136 Å². The fourth-order valence-corrected chi connectivity index (χ4v) is 3.44. The van der Waals surface area contributed by atoms with E-state index in [9.17, 15) is 8.42 Å². The third-order valence-electron chi connectivity index (χ3n) is 3.67. The maximum atomic E-state index is 12.6. The molecule has 0 aliphatic heterocycles. The van der Waals surface area contributed by atoms with E-state index >= 15 is 0 Å². The van der Waals surface area contributed by atoms with Crippen LogP contribution in [-0.4, -0.2) is 29.2 Å². The molecule has 1 heterocycles. The maximum Gasteiger partial charge on any atom is 0.244 e. The van der Waals surface area contributed by atoms with Crippen molar-refractivity contribution in [3.05, 3.63) is 47.4 Å². The van der Waals surface area contributed by atoms with E-state index in [1.165, 1.54) is 20.5 Å². The molecule has 6 nitrogen and oxygen atoms in total. The number of sulfonamides is 1. The number of aryl methyl sites for hydroxylation is 2. The van der Waals surface area contributed by atoms with Crippen LogP contribution in [0.3, 0.4) is 0 Å². The second kappa shape index (κ2) is 7.16. The van der Waals surface area contributed by atoms with Gasteiger partial charge in [-0.15, -0.1) is 0 Å². The van der Waals surface area contributed by atoms with Crippen LogP contribution in [0.1, 0.15) is 23.0 Å². The molecule has 126 valence electrons. The van der Waals surface area contributed by atoms with Crippen molar-refractivity contribution in [2.75, 3.05) is 20.8 Å². The zero-order chi connectivity index (χ0) is 17.0. The smallest absolute Gasteiger partial charge is 0.244 e. The SMILES string of the molecule is COc1cc(C)c(C)cc1S(=O)(=O)NCC(OC)c1ccco1. The van der Waals surface area contributed by atoms with Crippen LogP contribution >= 0.6 is 0 Å². The maximum absolute atomic E-state index is 12.6. The second-order valence-electron chi connectivity index (χ2n) is 5.18. The van der Waals surface area contributed by atoms with Gasteiger partial charge in [-0.25, -0.2) is 13.1 Å². The molecule has 0 amide bonds. The molecule has 0 radical (unpaired) electrons. The highest BCUT2D eigenvalue weighted by molar-refractivity contribution is 7.89. The average molecular weight is 339 g/mol. The van der Waals surface area contributed by atoms with E-state index in [2.05, 4.69) is 4.72 Å². The van der Waals surface area contributed by atoms with Crippen LogP contribution < -0.4 is 9.46 Å². The molecule has 0 aliphatic rings. The number of hydrogen-bond acceptors (Lipinski definition) is 5. The van der Waals surface area contributed by atoms with Crippen molar-refractivity contribution in [1.82, 2.24) is 4.72 Å². The lowest BCUT2D eigenvalue weighted by Gasteiger charge is -2.16. The lowest BCUT2D eigenvalue weighted by molar-refractivity contribution is 0.0878. The molecule has 0 spiro atoms. The zero-order valence-electron chi connectivity index (χ0n) is 13.6. The van der Waals surface area contributed by atoms with Gasteiger partial charge >= 0.3 is 0 Å². The van der Waals surface area contributed by atoms with Crippen molar-refractivity contribution in [1.29, 1.82) is 0 Å². The van der Waals surface area contributed by atoms with Crippen molar-refractivity contribution < 1.29 is 22.3 Å². The molecule has 2 aromatic rings. The highest BCUT2D eigenvalue weighted by atomic mass is 32.2. The summed E-state index contributed by atoms with van der Waals surface area (Å²) in [5.41, 5.74) is 1.84. The quantitative estimate of drug-likeness (QED) is 0.839. The fraction of sp³-hybridized carbons (Fsp3) is 0.375. The summed E-state index contributed by atoms with van der Waals surface area (Å²) in [6.07, 6.45) is 1.01. The summed E-state index contributed by atoms with van der Waals surface area (Å²) in [5.74, 6) is 0.870. The summed E-state index contributed by atoms with van der Waals surface area (Å²) in [6.45, 7) is 3.82. The van der Waals surface area contributed by atoms with E-state index in [4.69, 9.17) is 13.9 Å². The van der Waals surface area contributed by atoms with Crippen LogP contribution in [0.2, 0.25) is 0 Å². The van der Waals surface area contributed by atoms with Crippen molar-refractivity contribution in [3.63, 3.8) is 0 Å². The van der Waals surface area contributed by atoms with Gasteiger partial charge in [0.25, 0.3) is 0 Å². The average Bonchev–Trinajstić information content (AvgIpc) is 3.04. The number of methoxy groups -OCH3 is 2. The minimum Gasteiger partial charge on any atom is -0.495 e. The minimum atomic E-state index is -3.74. The van der Waals surface area contributed by atoms with Crippen LogP contribution in [0.5, 0.6) is 5.75 Å². The Balaban J connectivity index is 2.24. The number of ether oxygens (including phenoxy) is 2. The second-order valence-corrected chi connectivity index (χ2v) is 6.91. The minimum absolute atomic E-state index is 0.0580. The first-order valence-electron chi connectivity index (χ1n) is 7.10. The van der Waals surface area contributed by atoms with E-state index < -0.39 is 16.1 Å². The number of rotatable bonds is 7. The van der Waals surface area contributed by atoms with Gasteiger partial charge in [0.05, 0.1) is 13.4 Å². The van der Waals surface area contributed by atoms with Gasteiger partial charge < -0.3 is 13.9 Å². The summed E-state index contributed by atoms with van der Waals surface area (Å²) in [6, 6.07) is 6.77. The number of furan rings is 1. The molecule has 1 atom stereocenters. The largest absolute Gasteiger partial charge is 0.495 e. The molecular formula is C16H21NO5S. The predicted molar refractivity (Wildman–Crippen MR) is 86.1 cm³/mol. The van der Waals surface area contributed by atoms with Crippen LogP contribution in [0.15, 0.2) is 39.8 Å². The Hall–Kier alpha value is -1.83. The Kier molecular flexibility index (Phi) is 5.46. The summed E-state index contributed by atoms with van der Waals surface area (Å²) >= 11 is 0. The molecule has 0 saturated heterocycles. The Morgan fingerprint density at radius 1 is 1.22 bits per heavy atom. The molecule has 1 unspecified atom stereocenters. The third kappa shape index (κ3) is 3.93. The molecule has 23 heavy (non-hydrogen) atoms. The summed E-state index contributed by atoms with van der Waals surface area (Å²) in [7, 11) is -0.789. The van der Waals surface area contributed by atoms with E-state index in [1.807, 2.05) is 13.8 Å². The summed E-state index contributed by atoms with van der Waals surface area (Å²) in [5, 5.41) is 0. The predicted octanol–water partition coefficient (Wildman–Crippen LogP) is 2.57. The van der Waals surface area contributed by atoms with E-state index in [0.29, 0.717) is 11.5 Å². The van der Waals surface area contributed by atoms with Gasteiger partial charge in [0.15, 0.2) is 0 Å². The van der Waals surface area contributed by atoms with E-state index in [-0.39, 0.29) is 11.4 Å². The van der Waals surface area contributed by atoms with Gasteiger partial charge in [-0.05, 0) is 49.2 Å². The highest BCUT2D eigenvalue weighted by Gasteiger charge is 2.23. The normalized spacial score (nSPS) is 13.0. The molecule has 0 aliphatic carbocycles. The first kappa shape index (κ1) is 17.5. The van der Waals surface area contributed by atoms with E-state index in [0.717, 1.165) is 11.1 Å². The zero-order valence-corrected chi connectivity index (χ0v) is 14.4. The Bertz CT molecular complexity index is 753. The molecule has 2 rings (SSSR count). The standard InChI is InChI=1S/C16H21NO5S/c1-11-8-14(20-3)16(9-12(11)2)23(18,19)17-10-15(21-4)13-6-5-7-22-13/h5-9,15,17H,10H2,1-4H3. The molecule has 0 fully saturated rings. The van der Waals surface area contributed by atoms with Crippen LogP contribution in [0.25, 0.3) is 0 Å². The van der Waals surface area contributed by atoms with Gasteiger partial charge in [-0.3, -0.25) is 0 Å². The molecular weight excluding hydrogens is 318 g/mol. The number of nitrogens with one attached hydrogen (secondary N) is 1. The molecule has 1 aromatic heterocycles. The third-order valence-corrected chi connectivity index (χ3v) is 5.12. The van der Waals surface area contributed by atoms with Crippen LogP contribution in [0.4, 0.5) is 0 Å². The molecule has 1 aromatic carbocycles. The van der Waals surface area contributed by atoms with Crippen molar-refractivity contribution in [2.45, 2.75) is 24.8 Å². The summed E-state index contributed by atoms with van der Waals surface area (Å²) < 4.78 is 43.4. The van der Waals surface area contributed by atoms with Gasteiger partial charge in [-0.1, -0.05) is 0 Å². The number of benzene rings is 1. The highest BCUT2D eigenvalue weighted by Crippen LogP contribution is 2.27. The fourth-order valence-electron chi connectivity index (χ4n) is 2.17. The van der Waals surface area contributed by atoms with Crippen LogP contribution in [-0.2, 0) is 14.8 Å². The van der Waals surface area contributed by atoms with Crippen molar-refractivity contribution in [3.8, 4) is 5.75 Å². The first-order valence-corrected chi connectivity index (χ1v) is 8.58. The molecule has 1 N–H and O–H groups in total. The van der Waals surface area contributed by atoms with Gasteiger partial charge in [0.2, 0.25) is 10.0 Å². The summed E-state index contributed by atoms with van der Waals surface area (Å²) in [4.78, 5) is 0.109. The van der Waals surface area contributed by atoms with Crippen molar-refractivity contribution >= 4 is 10.0 Å². The van der Waals surface area contributed by atoms with Gasteiger partial charge in [0, 0.05) is 13.7 Å².